The van der Waals surface area contributed by atoms with Gasteiger partial charge in [0, 0.05) is 12.4 Å². The van der Waals surface area contributed by atoms with Crippen LogP contribution >= 0.6 is 0 Å². The SMILES string of the molecule is Nc1ncc2ncn(Cc3ccncc3)c2n1. The predicted molar refractivity (Wildman–Crippen MR) is 63.1 cm³/mol. The smallest absolute Gasteiger partial charge is 0.222 e. The molecule has 0 saturated carbocycles. The minimum Gasteiger partial charge on any atom is -0.368 e. The molecule has 0 spiro atoms. The lowest BCUT2D eigenvalue weighted by molar-refractivity contribution is 0.812. The standard InChI is InChI=1S/C11H10N6/c12-11-14-5-9-10(16-11)17(7-15-9)6-8-1-3-13-4-2-8/h1-5,7H,6H2,(H2,12,14,16). The molecule has 3 heterocycles. The molecule has 6 nitrogen and oxygen atoms in total. The van der Waals surface area contributed by atoms with Crippen molar-refractivity contribution in [1.82, 2.24) is 24.5 Å². The minimum atomic E-state index is 0.258. The zero-order chi connectivity index (χ0) is 11.7. The fourth-order valence-corrected chi connectivity index (χ4v) is 1.67. The Morgan fingerprint density at radius 3 is 2.82 bits per heavy atom. The number of anilines is 1. The highest BCUT2D eigenvalue weighted by Gasteiger charge is 2.05. The second-order valence-corrected chi connectivity index (χ2v) is 3.66. The van der Waals surface area contributed by atoms with E-state index < -0.39 is 0 Å². The van der Waals surface area contributed by atoms with E-state index in [1.807, 2.05) is 16.7 Å². The van der Waals surface area contributed by atoms with Gasteiger partial charge in [0.2, 0.25) is 5.95 Å². The van der Waals surface area contributed by atoms with Crippen LogP contribution in [0, 0.1) is 0 Å². The van der Waals surface area contributed by atoms with Crippen molar-refractivity contribution in [3.63, 3.8) is 0 Å². The zero-order valence-electron chi connectivity index (χ0n) is 8.98. The molecule has 0 fully saturated rings. The van der Waals surface area contributed by atoms with Crippen molar-refractivity contribution >= 4 is 17.1 Å². The molecule has 0 bridgehead atoms. The molecule has 0 unspecified atom stereocenters. The van der Waals surface area contributed by atoms with Crippen LogP contribution in [0.3, 0.4) is 0 Å². The van der Waals surface area contributed by atoms with Gasteiger partial charge < -0.3 is 10.3 Å². The Hall–Kier alpha value is -2.50. The molecule has 6 heteroatoms. The number of imidazole rings is 1. The normalized spacial score (nSPS) is 10.8. The van der Waals surface area contributed by atoms with Crippen molar-refractivity contribution in [2.45, 2.75) is 6.54 Å². The number of rotatable bonds is 2. The van der Waals surface area contributed by atoms with Gasteiger partial charge in [-0.1, -0.05) is 0 Å². The van der Waals surface area contributed by atoms with E-state index in [4.69, 9.17) is 5.73 Å². The molecule has 2 N–H and O–H groups in total. The summed E-state index contributed by atoms with van der Waals surface area (Å²) in [6.07, 6.45) is 6.88. The van der Waals surface area contributed by atoms with Crippen molar-refractivity contribution < 1.29 is 0 Å². The summed E-state index contributed by atoms with van der Waals surface area (Å²) in [5.41, 5.74) is 8.20. The first kappa shape index (κ1) is 9.71. The highest BCUT2D eigenvalue weighted by Crippen LogP contribution is 2.11. The maximum Gasteiger partial charge on any atom is 0.222 e. The number of nitrogens with zero attached hydrogens (tertiary/aromatic N) is 5. The fraction of sp³-hybridized carbons (Fsp3) is 0.0909. The summed E-state index contributed by atoms with van der Waals surface area (Å²) in [5, 5.41) is 0. The Balaban J connectivity index is 2.03. The number of hydrogen-bond donors (Lipinski definition) is 1. The number of hydrogen-bond acceptors (Lipinski definition) is 5. The lowest BCUT2D eigenvalue weighted by atomic mass is 10.3. The van der Waals surface area contributed by atoms with E-state index in [1.165, 1.54) is 0 Å². The van der Waals surface area contributed by atoms with Gasteiger partial charge in [0.1, 0.15) is 5.52 Å². The highest BCUT2D eigenvalue weighted by atomic mass is 15.1. The van der Waals surface area contributed by atoms with E-state index in [-0.39, 0.29) is 5.95 Å². The van der Waals surface area contributed by atoms with Crippen LogP contribution in [0.2, 0.25) is 0 Å². The molecule has 0 aliphatic heterocycles. The Kier molecular flexibility index (Phi) is 2.18. The summed E-state index contributed by atoms with van der Waals surface area (Å²) in [5.74, 6) is 0.258. The van der Waals surface area contributed by atoms with Gasteiger partial charge in [0.05, 0.1) is 19.1 Å². The Labute approximate surface area is 97.2 Å². The molecule has 0 aromatic carbocycles. The summed E-state index contributed by atoms with van der Waals surface area (Å²) >= 11 is 0. The van der Waals surface area contributed by atoms with Crippen LogP contribution in [-0.4, -0.2) is 24.5 Å². The monoisotopic (exact) mass is 226 g/mol. The molecular weight excluding hydrogens is 216 g/mol. The molecule has 84 valence electrons. The average Bonchev–Trinajstić information content (AvgIpc) is 2.73. The van der Waals surface area contributed by atoms with Crippen molar-refractivity contribution in [1.29, 1.82) is 0 Å². The summed E-state index contributed by atoms with van der Waals surface area (Å²) in [6, 6.07) is 3.91. The molecule has 0 aliphatic rings. The fourth-order valence-electron chi connectivity index (χ4n) is 1.67. The molecule has 0 amide bonds. The Bertz CT molecular complexity index is 645. The van der Waals surface area contributed by atoms with Gasteiger partial charge in [-0.3, -0.25) is 4.98 Å². The predicted octanol–water partition coefficient (Wildman–Crippen LogP) is 0.852. The Morgan fingerprint density at radius 2 is 2.00 bits per heavy atom. The zero-order valence-corrected chi connectivity index (χ0v) is 8.98. The third-order valence-corrected chi connectivity index (χ3v) is 2.48. The highest BCUT2D eigenvalue weighted by molar-refractivity contribution is 5.70. The van der Waals surface area contributed by atoms with Crippen molar-refractivity contribution in [3.8, 4) is 0 Å². The summed E-state index contributed by atoms with van der Waals surface area (Å²) < 4.78 is 1.93. The second kappa shape index (κ2) is 3.82. The summed E-state index contributed by atoms with van der Waals surface area (Å²) in [7, 11) is 0. The maximum atomic E-state index is 5.57. The van der Waals surface area contributed by atoms with Crippen molar-refractivity contribution in [2.24, 2.45) is 0 Å². The van der Waals surface area contributed by atoms with Crippen LogP contribution in [0.5, 0.6) is 0 Å². The minimum absolute atomic E-state index is 0.258. The van der Waals surface area contributed by atoms with Crippen LogP contribution in [0.4, 0.5) is 5.95 Å². The van der Waals surface area contributed by atoms with Gasteiger partial charge in [0.25, 0.3) is 0 Å². The quantitative estimate of drug-likeness (QED) is 0.700. The van der Waals surface area contributed by atoms with Crippen LogP contribution < -0.4 is 5.73 Å². The molecule has 3 aromatic rings. The van der Waals surface area contributed by atoms with Gasteiger partial charge >= 0.3 is 0 Å². The van der Waals surface area contributed by atoms with Gasteiger partial charge in [-0.15, -0.1) is 0 Å². The molecular formula is C11H10N6. The first-order valence-corrected chi connectivity index (χ1v) is 5.15. The van der Waals surface area contributed by atoms with Crippen LogP contribution in [-0.2, 0) is 6.54 Å². The lowest BCUT2D eigenvalue weighted by Gasteiger charge is -2.03. The van der Waals surface area contributed by atoms with Crippen molar-refractivity contribution in [2.75, 3.05) is 5.73 Å². The molecule has 0 atom stereocenters. The van der Waals surface area contributed by atoms with Gasteiger partial charge in [0.15, 0.2) is 5.65 Å². The number of aromatic nitrogens is 5. The molecule has 0 aliphatic carbocycles. The van der Waals surface area contributed by atoms with E-state index in [0.717, 1.165) is 16.7 Å². The molecule has 0 saturated heterocycles. The summed E-state index contributed by atoms with van der Waals surface area (Å²) in [6.45, 7) is 0.690. The lowest BCUT2D eigenvalue weighted by Crippen LogP contribution is -2.01. The first-order valence-electron chi connectivity index (χ1n) is 5.15. The van der Waals surface area contributed by atoms with Crippen LogP contribution in [0.1, 0.15) is 5.56 Å². The number of nitrogens with two attached hydrogens (primary N) is 1. The largest absolute Gasteiger partial charge is 0.368 e. The third-order valence-electron chi connectivity index (χ3n) is 2.48. The average molecular weight is 226 g/mol. The third kappa shape index (κ3) is 1.80. The number of nitrogen functional groups attached to an aromatic ring is 1. The molecule has 0 radical (unpaired) electrons. The topological polar surface area (TPSA) is 82.5 Å². The van der Waals surface area contributed by atoms with Crippen molar-refractivity contribution in [3.05, 3.63) is 42.6 Å². The van der Waals surface area contributed by atoms with E-state index in [1.54, 1.807) is 24.9 Å². The summed E-state index contributed by atoms with van der Waals surface area (Å²) in [4.78, 5) is 16.3. The number of pyridine rings is 1. The van der Waals surface area contributed by atoms with Gasteiger partial charge in [-0.2, -0.15) is 4.98 Å². The van der Waals surface area contributed by atoms with Crippen LogP contribution in [0.25, 0.3) is 11.2 Å². The molecule has 3 aromatic heterocycles. The first-order chi connectivity index (χ1) is 8.33. The van der Waals surface area contributed by atoms with E-state index in [2.05, 4.69) is 19.9 Å². The van der Waals surface area contributed by atoms with E-state index in [0.29, 0.717) is 6.54 Å². The van der Waals surface area contributed by atoms with Gasteiger partial charge in [-0.25, -0.2) is 9.97 Å². The van der Waals surface area contributed by atoms with Gasteiger partial charge in [-0.05, 0) is 17.7 Å². The van der Waals surface area contributed by atoms with Crippen LogP contribution in [0.15, 0.2) is 37.1 Å². The van der Waals surface area contributed by atoms with E-state index >= 15 is 0 Å². The number of fused-ring (bicyclic) bond motifs is 1. The van der Waals surface area contributed by atoms with E-state index in [9.17, 15) is 0 Å². The molecule has 17 heavy (non-hydrogen) atoms. The second-order valence-electron chi connectivity index (χ2n) is 3.66. The maximum absolute atomic E-state index is 5.57. The Morgan fingerprint density at radius 1 is 1.18 bits per heavy atom. The molecule has 3 rings (SSSR count).